The predicted octanol–water partition coefficient (Wildman–Crippen LogP) is 5.57. The lowest BCUT2D eigenvalue weighted by atomic mass is 9.90. The van der Waals surface area contributed by atoms with Gasteiger partial charge in [-0.15, -0.1) is 0 Å². The number of piperidine rings is 1. The second kappa shape index (κ2) is 9.34. The van der Waals surface area contributed by atoms with Gasteiger partial charge in [0, 0.05) is 25.6 Å². The van der Waals surface area contributed by atoms with E-state index >= 15 is 0 Å². The van der Waals surface area contributed by atoms with Crippen LogP contribution in [0.25, 0.3) is 0 Å². The van der Waals surface area contributed by atoms with E-state index in [2.05, 4.69) is 14.9 Å². The smallest absolute Gasteiger partial charge is 0.225 e. The SMILES string of the molecule is O=C(CC1CC1)c1ccc(OCCC2CC2C2CCN(c3ncc(Cl)cn3)CC2)cc1F. The van der Waals surface area contributed by atoms with Gasteiger partial charge in [-0.25, -0.2) is 14.4 Å². The monoisotopic (exact) mass is 457 g/mol. The van der Waals surface area contributed by atoms with Crippen molar-refractivity contribution >= 4 is 23.3 Å². The molecule has 3 fully saturated rings. The van der Waals surface area contributed by atoms with Crippen LogP contribution in [0, 0.1) is 29.5 Å². The molecule has 1 aromatic carbocycles. The summed E-state index contributed by atoms with van der Waals surface area (Å²) in [6.45, 7) is 2.56. The zero-order valence-electron chi connectivity index (χ0n) is 18.2. The Morgan fingerprint density at radius 2 is 1.91 bits per heavy atom. The number of Topliss-reactive ketones (excluding diaryl/α,β-unsaturated/α-hetero) is 1. The third kappa shape index (κ3) is 5.22. The molecular formula is C25H29ClFN3O2. The first-order valence-electron chi connectivity index (χ1n) is 11.7. The molecule has 2 aromatic rings. The Bertz CT molecular complexity index is 958. The Kier molecular flexibility index (Phi) is 6.31. The lowest BCUT2D eigenvalue weighted by Crippen LogP contribution is -2.35. The van der Waals surface area contributed by atoms with E-state index in [4.69, 9.17) is 16.3 Å². The number of rotatable bonds is 9. The average molecular weight is 458 g/mol. The number of nitrogens with zero attached hydrogens (tertiary/aromatic N) is 3. The Morgan fingerprint density at radius 1 is 1.16 bits per heavy atom. The number of halogens is 2. The van der Waals surface area contributed by atoms with Crippen LogP contribution in [0.5, 0.6) is 5.75 Å². The molecule has 5 nitrogen and oxygen atoms in total. The molecule has 2 unspecified atom stereocenters. The summed E-state index contributed by atoms with van der Waals surface area (Å²) in [4.78, 5) is 23.0. The van der Waals surface area contributed by atoms with E-state index in [0.29, 0.717) is 35.6 Å². The summed E-state index contributed by atoms with van der Waals surface area (Å²) < 4.78 is 20.1. The van der Waals surface area contributed by atoms with Crippen LogP contribution >= 0.6 is 11.6 Å². The van der Waals surface area contributed by atoms with E-state index in [1.807, 2.05) is 0 Å². The minimum atomic E-state index is -0.464. The van der Waals surface area contributed by atoms with Gasteiger partial charge in [-0.05, 0) is 74.3 Å². The zero-order valence-corrected chi connectivity index (χ0v) is 18.9. The van der Waals surface area contributed by atoms with Gasteiger partial charge in [0.2, 0.25) is 5.95 Å². The van der Waals surface area contributed by atoms with Crippen molar-refractivity contribution in [3.63, 3.8) is 0 Å². The molecule has 0 radical (unpaired) electrons. The molecule has 0 spiro atoms. The Labute approximate surface area is 193 Å². The van der Waals surface area contributed by atoms with Gasteiger partial charge in [0.15, 0.2) is 5.78 Å². The Hall–Kier alpha value is -2.21. The summed E-state index contributed by atoms with van der Waals surface area (Å²) >= 11 is 5.88. The topological polar surface area (TPSA) is 55.3 Å². The predicted molar refractivity (Wildman–Crippen MR) is 122 cm³/mol. The van der Waals surface area contributed by atoms with Gasteiger partial charge in [0.25, 0.3) is 0 Å². The molecule has 2 heterocycles. The van der Waals surface area contributed by atoms with Crippen molar-refractivity contribution in [3.8, 4) is 5.75 Å². The molecule has 2 saturated carbocycles. The van der Waals surface area contributed by atoms with Crippen molar-refractivity contribution in [2.75, 3.05) is 24.6 Å². The number of ether oxygens (including phenoxy) is 1. The van der Waals surface area contributed by atoms with E-state index in [1.54, 1.807) is 24.5 Å². The van der Waals surface area contributed by atoms with E-state index in [0.717, 1.165) is 63.0 Å². The molecule has 0 amide bonds. The maximum atomic E-state index is 14.3. The first-order chi connectivity index (χ1) is 15.6. The fourth-order valence-electron chi connectivity index (χ4n) is 5.01. The van der Waals surface area contributed by atoms with Gasteiger partial charge < -0.3 is 9.64 Å². The highest BCUT2D eigenvalue weighted by atomic mass is 35.5. The van der Waals surface area contributed by atoms with E-state index in [9.17, 15) is 9.18 Å². The second-order valence-corrected chi connectivity index (χ2v) is 9.97. The molecule has 0 bridgehead atoms. The molecule has 170 valence electrons. The van der Waals surface area contributed by atoms with Crippen molar-refractivity contribution in [2.24, 2.45) is 23.7 Å². The van der Waals surface area contributed by atoms with Gasteiger partial charge in [-0.1, -0.05) is 11.6 Å². The van der Waals surface area contributed by atoms with Crippen molar-refractivity contribution in [1.82, 2.24) is 9.97 Å². The number of ketones is 1. The third-order valence-corrected chi connectivity index (χ3v) is 7.38. The van der Waals surface area contributed by atoms with E-state index < -0.39 is 5.82 Å². The Morgan fingerprint density at radius 3 is 2.59 bits per heavy atom. The molecule has 2 atom stereocenters. The molecule has 3 aliphatic rings. The molecule has 0 N–H and O–H groups in total. The highest BCUT2D eigenvalue weighted by Crippen LogP contribution is 2.49. The standard InChI is InChI=1S/C25H29ClFN3O2/c26-19-14-28-25(29-15-19)30-8-5-17(6-9-30)22-12-18(22)7-10-32-20-3-4-21(23(27)13-20)24(31)11-16-1-2-16/h3-4,13-18,22H,1-2,5-12H2. The third-order valence-electron chi connectivity index (χ3n) is 7.18. The van der Waals surface area contributed by atoms with Crippen molar-refractivity contribution in [1.29, 1.82) is 0 Å². The van der Waals surface area contributed by atoms with Crippen LogP contribution in [0.1, 0.15) is 55.3 Å². The Balaban J connectivity index is 1.03. The van der Waals surface area contributed by atoms with Crippen LogP contribution in [-0.2, 0) is 0 Å². The van der Waals surface area contributed by atoms with Crippen molar-refractivity contribution < 1.29 is 13.9 Å². The number of hydrogen-bond donors (Lipinski definition) is 0. The van der Waals surface area contributed by atoms with Gasteiger partial charge >= 0.3 is 0 Å². The largest absolute Gasteiger partial charge is 0.493 e. The lowest BCUT2D eigenvalue weighted by Gasteiger charge is -2.32. The molecule has 1 aromatic heterocycles. The zero-order chi connectivity index (χ0) is 22.1. The first-order valence-corrected chi connectivity index (χ1v) is 12.1. The summed E-state index contributed by atoms with van der Waals surface area (Å²) in [7, 11) is 0. The first kappa shape index (κ1) is 21.6. The maximum absolute atomic E-state index is 14.3. The maximum Gasteiger partial charge on any atom is 0.225 e. The fraction of sp³-hybridized carbons (Fsp3) is 0.560. The number of anilines is 1. The molecule has 1 saturated heterocycles. The van der Waals surface area contributed by atoms with E-state index in [1.165, 1.54) is 12.5 Å². The van der Waals surface area contributed by atoms with Gasteiger partial charge in [-0.2, -0.15) is 0 Å². The van der Waals surface area contributed by atoms with Crippen LogP contribution in [0.2, 0.25) is 5.02 Å². The molecule has 5 rings (SSSR count). The fourth-order valence-corrected chi connectivity index (χ4v) is 5.11. The van der Waals surface area contributed by atoms with Crippen LogP contribution in [0.3, 0.4) is 0 Å². The molecule has 32 heavy (non-hydrogen) atoms. The number of carbonyl (C=O) groups excluding carboxylic acids is 1. The number of benzene rings is 1. The summed E-state index contributed by atoms with van der Waals surface area (Å²) in [5.74, 6) is 3.40. The van der Waals surface area contributed by atoms with Crippen LogP contribution in [-0.4, -0.2) is 35.4 Å². The second-order valence-electron chi connectivity index (χ2n) is 9.53. The van der Waals surface area contributed by atoms with Gasteiger partial charge in [-0.3, -0.25) is 4.79 Å². The van der Waals surface area contributed by atoms with Crippen LogP contribution in [0.4, 0.5) is 10.3 Å². The lowest BCUT2D eigenvalue weighted by molar-refractivity contribution is 0.0972. The van der Waals surface area contributed by atoms with Crippen LogP contribution < -0.4 is 9.64 Å². The summed E-state index contributed by atoms with van der Waals surface area (Å²) in [5, 5.41) is 0.562. The van der Waals surface area contributed by atoms with E-state index in [-0.39, 0.29) is 11.3 Å². The summed E-state index contributed by atoms with van der Waals surface area (Å²) in [6, 6.07) is 4.66. The molecule has 7 heteroatoms. The average Bonchev–Trinajstić information content (AvgIpc) is 3.72. The van der Waals surface area contributed by atoms with Crippen molar-refractivity contribution in [2.45, 2.75) is 44.9 Å². The minimum absolute atomic E-state index is 0.0916. The number of hydrogen-bond acceptors (Lipinski definition) is 5. The van der Waals surface area contributed by atoms with Gasteiger partial charge in [0.1, 0.15) is 11.6 Å². The normalized spacial score (nSPS) is 23.2. The highest BCUT2D eigenvalue weighted by Gasteiger charge is 2.43. The van der Waals surface area contributed by atoms with Crippen molar-refractivity contribution in [3.05, 3.63) is 47.0 Å². The molecular weight excluding hydrogens is 429 g/mol. The highest BCUT2D eigenvalue weighted by molar-refractivity contribution is 6.30. The molecule has 2 aliphatic carbocycles. The number of carbonyl (C=O) groups is 1. The number of aromatic nitrogens is 2. The summed E-state index contributed by atoms with van der Waals surface area (Å²) in [6.07, 6.45) is 10.5. The minimum Gasteiger partial charge on any atom is -0.493 e. The quantitative estimate of drug-likeness (QED) is 0.460. The van der Waals surface area contributed by atoms with Crippen LogP contribution in [0.15, 0.2) is 30.6 Å². The summed E-state index contributed by atoms with van der Waals surface area (Å²) in [5.41, 5.74) is 0.196. The molecule has 1 aliphatic heterocycles. The van der Waals surface area contributed by atoms with Gasteiger partial charge in [0.05, 0.1) is 29.6 Å².